The fourth-order valence-electron chi connectivity index (χ4n) is 5.57. The van der Waals surface area contributed by atoms with Crippen molar-refractivity contribution in [1.82, 2.24) is 4.57 Å². The molecule has 2 heterocycles. The molecule has 0 unspecified atom stereocenters. The molecule has 0 amide bonds. The summed E-state index contributed by atoms with van der Waals surface area (Å²) in [6.07, 6.45) is 3.76. The maximum absolute atomic E-state index is 14.0. The van der Waals surface area contributed by atoms with Crippen LogP contribution in [0.3, 0.4) is 0 Å². The van der Waals surface area contributed by atoms with Gasteiger partial charge in [0.1, 0.15) is 12.4 Å². The number of aromatic nitrogens is 1. The van der Waals surface area contributed by atoms with E-state index in [4.69, 9.17) is 21.3 Å². The quantitative estimate of drug-likeness (QED) is 0.202. The Bertz CT molecular complexity index is 2000. The second-order valence-corrected chi connectivity index (χ2v) is 12.4. The van der Waals surface area contributed by atoms with Gasteiger partial charge in [0.25, 0.3) is 5.56 Å². The summed E-state index contributed by atoms with van der Waals surface area (Å²) in [5, 5.41) is 0.699. The highest BCUT2D eigenvalue weighted by Crippen LogP contribution is 2.41. The van der Waals surface area contributed by atoms with Crippen LogP contribution < -0.4 is 19.6 Å². The molecule has 0 saturated heterocycles. The first-order valence-corrected chi connectivity index (χ1v) is 15.4. The first kappa shape index (κ1) is 26.2. The largest absolute Gasteiger partial charge is 0.488 e. The van der Waals surface area contributed by atoms with Crippen LogP contribution in [0.5, 0.6) is 5.75 Å². The number of thiazole rings is 1. The molecule has 0 radical (unpaired) electrons. The van der Waals surface area contributed by atoms with Crippen LogP contribution in [0.1, 0.15) is 40.3 Å². The van der Waals surface area contributed by atoms with Crippen LogP contribution in [-0.2, 0) is 13.0 Å². The highest BCUT2D eigenvalue weighted by molar-refractivity contribution is 9.10. The fraction of sp³-hybridized carbons (Fsp3) is 0.118. The summed E-state index contributed by atoms with van der Waals surface area (Å²) in [6.45, 7) is 0.432. The summed E-state index contributed by atoms with van der Waals surface area (Å²) < 4.78 is 9.38. The Kier molecular flexibility index (Phi) is 6.99. The van der Waals surface area contributed by atoms with Gasteiger partial charge in [0.2, 0.25) is 0 Å². The smallest absolute Gasteiger partial charge is 0.271 e. The van der Waals surface area contributed by atoms with Crippen molar-refractivity contribution in [2.45, 2.75) is 25.5 Å². The van der Waals surface area contributed by atoms with Crippen LogP contribution in [0.15, 0.2) is 117 Å². The van der Waals surface area contributed by atoms with E-state index in [1.807, 2.05) is 71.3 Å². The monoisotopic (exact) mass is 638 g/mol. The maximum Gasteiger partial charge on any atom is 0.271 e. The van der Waals surface area contributed by atoms with E-state index in [-0.39, 0.29) is 11.6 Å². The Morgan fingerprint density at radius 3 is 2.56 bits per heavy atom. The van der Waals surface area contributed by atoms with Crippen LogP contribution in [0.4, 0.5) is 0 Å². The molecular weight excluding hydrogens is 616 g/mol. The lowest BCUT2D eigenvalue weighted by Crippen LogP contribution is -2.38. The average molecular weight is 640 g/mol. The molecule has 1 aliphatic carbocycles. The molecule has 1 atom stereocenters. The number of fused-ring (bicyclic) bond motifs is 3. The molecule has 41 heavy (non-hydrogen) atoms. The maximum atomic E-state index is 14.0. The van der Waals surface area contributed by atoms with Gasteiger partial charge in [0.05, 0.1) is 20.7 Å². The van der Waals surface area contributed by atoms with Crippen molar-refractivity contribution >= 4 is 50.6 Å². The number of hydrogen-bond donors (Lipinski definition) is 0. The van der Waals surface area contributed by atoms with E-state index in [1.54, 1.807) is 0 Å². The second-order valence-electron chi connectivity index (χ2n) is 10.1. The van der Waals surface area contributed by atoms with Gasteiger partial charge < -0.3 is 4.74 Å². The van der Waals surface area contributed by atoms with Gasteiger partial charge in [-0.05, 0) is 86.9 Å². The van der Waals surface area contributed by atoms with Gasteiger partial charge in [-0.2, -0.15) is 0 Å². The number of aryl methyl sites for hydroxylation is 1. The van der Waals surface area contributed by atoms with Gasteiger partial charge in [-0.25, -0.2) is 4.99 Å². The van der Waals surface area contributed by atoms with E-state index in [0.29, 0.717) is 16.2 Å². The third kappa shape index (κ3) is 5.01. The average Bonchev–Trinajstić information content (AvgIpc) is 3.31. The number of benzene rings is 4. The zero-order chi connectivity index (χ0) is 27.9. The summed E-state index contributed by atoms with van der Waals surface area (Å²) in [7, 11) is 0. The molecule has 4 aromatic carbocycles. The van der Waals surface area contributed by atoms with E-state index in [2.05, 4.69) is 52.3 Å². The van der Waals surface area contributed by atoms with Crippen molar-refractivity contribution in [2.24, 2.45) is 4.99 Å². The van der Waals surface area contributed by atoms with Crippen molar-refractivity contribution in [3.8, 4) is 5.75 Å². The highest BCUT2D eigenvalue weighted by Gasteiger charge is 2.32. The Hall–Kier alpha value is -3.71. The zero-order valence-corrected chi connectivity index (χ0v) is 25.0. The Labute approximate surface area is 254 Å². The van der Waals surface area contributed by atoms with Crippen LogP contribution in [0.25, 0.3) is 11.8 Å². The Morgan fingerprint density at radius 2 is 1.76 bits per heavy atom. The normalized spacial score (nSPS) is 16.0. The van der Waals surface area contributed by atoms with Crippen molar-refractivity contribution < 1.29 is 4.74 Å². The number of hydrogen-bond acceptors (Lipinski definition) is 4. The highest BCUT2D eigenvalue weighted by atomic mass is 79.9. The van der Waals surface area contributed by atoms with E-state index in [9.17, 15) is 4.79 Å². The first-order chi connectivity index (χ1) is 20.0. The molecule has 0 bridgehead atoms. The van der Waals surface area contributed by atoms with Crippen molar-refractivity contribution in [3.63, 3.8) is 0 Å². The number of nitrogens with zero attached hydrogens (tertiary/aromatic N) is 2. The predicted molar refractivity (Wildman–Crippen MR) is 169 cm³/mol. The Morgan fingerprint density at radius 1 is 0.976 bits per heavy atom. The summed E-state index contributed by atoms with van der Waals surface area (Å²) in [5.74, 6) is 0.731. The number of halogens is 2. The van der Waals surface area contributed by atoms with Gasteiger partial charge in [-0.3, -0.25) is 9.36 Å². The van der Waals surface area contributed by atoms with E-state index in [0.717, 1.165) is 50.3 Å². The van der Waals surface area contributed by atoms with Crippen molar-refractivity contribution in [2.75, 3.05) is 0 Å². The molecule has 0 saturated carbocycles. The molecule has 1 aromatic heterocycles. The van der Waals surface area contributed by atoms with E-state index >= 15 is 0 Å². The van der Waals surface area contributed by atoms with Gasteiger partial charge in [0, 0.05) is 10.6 Å². The zero-order valence-electron chi connectivity index (χ0n) is 21.9. The van der Waals surface area contributed by atoms with Gasteiger partial charge in [-0.1, -0.05) is 95.7 Å². The molecule has 0 spiro atoms. The van der Waals surface area contributed by atoms with Crippen molar-refractivity contribution in [1.29, 1.82) is 0 Å². The van der Waals surface area contributed by atoms with Gasteiger partial charge in [-0.15, -0.1) is 0 Å². The van der Waals surface area contributed by atoms with Crippen LogP contribution >= 0.6 is 38.9 Å². The Balaban J connectivity index is 1.28. The topological polar surface area (TPSA) is 43.6 Å². The molecule has 0 N–H and O–H groups in total. The SMILES string of the molecule is O=c1/c(=C/c2ccc(OCc3ccc(Cl)cc3)c(Br)c2)sc2n1[C@H](c1ccccc1)C1=C(N=2)c2ccccc2CC1. The third-order valence-corrected chi connectivity index (χ3v) is 9.40. The molecule has 202 valence electrons. The molecule has 1 aliphatic heterocycles. The fourth-order valence-corrected chi connectivity index (χ4v) is 7.21. The predicted octanol–water partition coefficient (Wildman–Crippen LogP) is 7.31. The number of allylic oxidation sites excluding steroid dienone is 1. The van der Waals surface area contributed by atoms with Gasteiger partial charge >= 0.3 is 0 Å². The lowest BCUT2D eigenvalue weighted by atomic mass is 9.83. The standard InChI is InChI=1S/C34H24BrClN2O2S/c35-28-18-22(12-17-29(28)40-20-21-10-14-25(36)15-11-21)19-30-33(39)38-32(24-7-2-1-3-8-24)27-16-13-23-6-4-5-9-26(23)31(27)37-34(38)41-30/h1-12,14-15,17-19,32H,13,16,20H2/b30-19-/t32-/m1/s1. The molecule has 5 aromatic rings. The van der Waals surface area contributed by atoms with E-state index in [1.165, 1.54) is 28.0 Å². The van der Waals surface area contributed by atoms with Gasteiger partial charge in [0.15, 0.2) is 4.80 Å². The molecule has 7 heteroatoms. The summed E-state index contributed by atoms with van der Waals surface area (Å²) >= 11 is 11.1. The molecule has 7 rings (SSSR count). The van der Waals surface area contributed by atoms with Crippen LogP contribution in [0.2, 0.25) is 5.02 Å². The molecular formula is C34H24BrClN2O2S. The summed E-state index contributed by atoms with van der Waals surface area (Å²) in [5.41, 5.74) is 7.72. The summed E-state index contributed by atoms with van der Waals surface area (Å²) in [4.78, 5) is 19.8. The lowest BCUT2D eigenvalue weighted by Gasteiger charge is -2.30. The van der Waals surface area contributed by atoms with Crippen molar-refractivity contribution in [3.05, 3.63) is 160 Å². The minimum absolute atomic E-state index is 0.0211. The minimum atomic E-state index is -0.173. The van der Waals surface area contributed by atoms with E-state index < -0.39 is 0 Å². The minimum Gasteiger partial charge on any atom is -0.488 e. The first-order valence-electron chi connectivity index (χ1n) is 13.4. The lowest BCUT2D eigenvalue weighted by molar-refractivity contribution is 0.304. The van der Waals surface area contributed by atoms with Crippen LogP contribution in [0, 0.1) is 0 Å². The van der Waals surface area contributed by atoms with Crippen LogP contribution in [-0.4, -0.2) is 4.57 Å². The molecule has 0 fully saturated rings. The number of ether oxygens (including phenoxy) is 1. The molecule has 4 nitrogen and oxygen atoms in total. The summed E-state index contributed by atoms with van der Waals surface area (Å²) in [6, 6.07) is 32.1. The second kappa shape index (κ2) is 10.9. The molecule has 2 aliphatic rings. The third-order valence-electron chi connectivity index (χ3n) is 7.55. The number of rotatable bonds is 5.